The molecule has 0 aromatic heterocycles. The zero-order valence-corrected chi connectivity index (χ0v) is 19.2. The van der Waals surface area contributed by atoms with Crippen LogP contribution in [0.2, 0.25) is 5.02 Å². The van der Waals surface area contributed by atoms with Crippen LogP contribution in [-0.4, -0.2) is 23.5 Å². The molecule has 3 aromatic carbocycles. The first-order chi connectivity index (χ1) is 16.0. The van der Waals surface area contributed by atoms with Gasteiger partial charge in [0, 0.05) is 23.8 Å². The minimum Gasteiger partial charge on any atom is -0.367 e. The summed E-state index contributed by atoms with van der Waals surface area (Å²) in [7, 11) is 0. The maximum atomic E-state index is 13.2. The Balaban J connectivity index is 1.42. The smallest absolute Gasteiger partial charge is 0.270 e. The molecular weight excluding hydrogens is 454 g/mol. The van der Waals surface area contributed by atoms with Gasteiger partial charge in [-0.2, -0.15) is 0 Å². The number of fused-ring (bicyclic) bond motifs is 1. The molecule has 0 radical (unpaired) electrons. The topological polar surface area (TPSA) is 52.7 Å². The Hall–Kier alpha value is -3.48. The first-order valence-electron chi connectivity index (χ1n) is 10.6. The van der Waals surface area contributed by atoms with Crippen molar-refractivity contribution < 1.29 is 9.59 Å². The molecule has 7 heteroatoms. The van der Waals surface area contributed by atoms with E-state index < -0.39 is 11.8 Å². The summed E-state index contributed by atoms with van der Waals surface area (Å²) in [5.41, 5.74) is 4.87. The molecule has 0 bridgehead atoms. The molecule has 1 saturated heterocycles. The van der Waals surface area contributed by atoms with Gasteiger partial charge in [0.15, 0.2) is 5.11 Å². The quantitative estimate of drug-likeness (QED) is 0.338. The summed E-state index contributed by atoms with van der Waals surface area (Å²) < 4.78 is 0. The van der Waals surface area contributed by atoms with Gasteiger partial charge in [-0.05, 0) is 71.7 Å². The van der Waals surface area contributed by atoms with E-state index in [0.29, 0.717) is 5.69 Å². The predicted molar refractivity (Wildman–Crippen MR) is 135 cm³/mol. The maximum Gasteiger partial charge on any atom is 0.270 e. The predicted octanol–water partition coefficient (Wildman–Crippen LogP) is 4.73. The van der Waals surface area contributed by atoms with Gasteiger partial charge in [0.25, 0.3) is 11.8 Å². The Bertz CT molecular complexity index is 1310. The molecule has 0 atom stereocenters. The normalized spacial score (nSPS) is 16.9. The van der Waals surface area contributed by atoms with Gasteiger partial charge in [0.2, 0.25) is 0 Å². The number of hydrogen-bond acceptors (Lipinski definition) is 4. The van der Waals surface area contributed by atoms with Crippen LogP contribution < -0.4 is 15.1 Å². The number of para-hydroxylation sites is 1. The second-order valence-corrected chi connectivity index (χ2v) is 8.74. The van der Waals surface area contributed by atoms with E-state index in [1.807, 2.05) is 60.7 Å². The lowest BCUT2D eigenvalue weighted by Gasteiger charge is -2.28. The molecule has 3 aromatic rings. The number of anilines is 2. The minimum atomic E-state index is -0.488. The summed E-state index contributed by atoms with van der Waals surface area (Å²) in [5, 5.41) is 3.47. The van der Waals surface area contributed by atoms with Gasteiger partial charge < -0.3 is 4.90 Å². The number of benzene rings is 3. The van der Waals surface area contributed by atoms with Crippen molar-refractivity contribution in [3.8, 4) is 0 Å². The second kappa shape index (κ2) is 8.81. The van der Waals surface area contributed by atoms with Crippen LogP contribution in [0, 0.1) is 0 Å². The average Bonchev–Trinajstić information content (AvgIpc) is 3.21. The van der Waals surface area contributed by atoms with Crippen molar-refractivity contribution in [1.82, 2.24) is 5.32 Å². The zero-order valence-electron chi connectivity index (χ0n) is 17.6. The van der Waals surface area contributed by atoms with Crippen LogP contribution in [0.3, 0.4) is 0 Å². The molecule has 1 fully saturated rings. The van der Waals surface area contributed by atoms with Gasteiger partial charge in [0.1, 0.15) is 5.57 Å². The van der Waals surface area contributed by atoms with Crippen LogP contribution in [0.25, 0.3) is 6.08 Å². The van der Waals surface area contributed by atoms with Gasteiger partial charge in [0.05, 0.1) is 5.69 Å². The molecule has 2 aliphatic rings. The highest BCUT2D eigenvalue weighted by Gasteiger charge is 2.34. The number of hydrogen-bond donors (Lipinski definition) is 1. The monoisotopic (exact) mass is 473 g/mol. The van der Waals surface area contributed by atoms with Crippen LogP contribution in [-0.2, 0) is 22.6 Å². The molecule has 2 heterocycles. The number of amides is 2. The SMILES string of the molecule is O=C1NC(=S)N(c2ccccc2)C(=O)C1=Cc1ccc2c(c1)CCN2Cc1ccccc1Cl. The van der Waals surface area contributed by atoms with Gasteiger partial charge in [-0.25, -0.2) is 0 Å². The van der Waals surface area contributed by atoms with Crippen molar-refractivity contribution in [2.75, 3.05) is 16.3 Å². The van der Waals surface area contributed by atoms with Crippen LogP contribution in [0.5, 0.6) is 0 Å². The van der Waals surface area contributed by atoms with E-state index >= 15 is 0 Å². The van der Waals surface area contributed by atoms with Crippen molar-refractivity contribution in [3.63, 3.8) is 0 Å². The Morgan fingerprint density at radius 3 is 2.55 bits per heavy atom. The largest absolute Gasteiger partial charge is 0.367 e. The van der Waals surface area contributed by atoms with Crippen molar-refractivity contribution in [3.05, 3.63) is 100 Å². The summed E-state index contributed by atoms with van der Waals surface area (Å²) in [4.78, 5) is 29.4. The van der Waals surface area contributed by atoms with E-state index in [2.05, 4.69) is 10.2 Å². The van der Waals surface area contributed by atoms with Crippen LogP contribution in [0.15, 0.2) is 78.4 Å². The molecule has 5 nitrogen and oxygen atoms in total. The molecule has 33 heavy (non-hydrogen) atoms. The third kappa shape index (κ3) is 4.15. The highest BCUT2D eigenvalue weighted by atomic mass is 35.5. The lowest BCUT2D eigenvalue weighted by molar-refractivity contribution is -0.122. The Kier molecular flexibility index (Phi) is 5.70. The summed E-state index contributed by atoms with van der Waals surface area (Å²) in [6.07, 6.45) is 2.52. The maximum absolute atomic E-state index is 13.2. The average molecular weight is 474 g/mol. The fraction of sp³-hybridized carbons (Fsp3) is 0.115. The fourth-order valence-corrected chi connectivity index (χ4v) is 4.69. The molecule has 1 N–H and O–H groups in total. The molecule has 5 rings (SSSR count). The first kappa shape index (κ1) is 21.4. The van der Waals surface area contributed by atoms with E-state index in [0.717, 1.165) is 41.3 Å². The Morgan fingerprint density at radius 1 is 1.00 bits per heavy atom. The number of halogens is 1. The van der Waals surface area contributed by atoms with Gasteiger partial charge in [-0.1, -0.05) is 54.1 Å². The molecule has 2 amide bonds. The summed E-state index contributed by atoms with van der Waals surface area (Å²) in [5.74, 6) is -0.922. The van der Waals surface area contributed by atoms with E-state index in [9.17, 15) is 9.59 Å². The number of carbonyl (C=O) groups excluding carboxylic acids is 2. The van der Waals surface area contributed by atoms with E-state index in [-0.39, 0.29) is 10.7 Å². The van der Waals surface area contributed by atoms with Crippen molar-refractivity contribution in [1.29, 1.82) is 0 Å². The molecule has 2 aliphatic heterocycles. The highest BCUT2D eigenvalue weighted by molar-refractivity contribution is 7.80. The number of carbonyl (C=O) groups is 2. The third-order valence-electron chi connectivity index (χ3n) is 5.84. The molecule has 0 spiro atoms. The van der Waals surface area contributed by atoms with E-state index in [1.54, 1.807) is 18.2 Å². The van der Waals surface area contributed by atoms with Gasteiger partial charge in [-0.15, -0.1) is 0 Å². The van der Waals surface area contributed by atoms with E-state index in [4.69, 9.17) is 23.8 Å². The van der Waals surface area contributed by atoms with Crippen LogP contribution in [0.1, 0.15) is 16.7 Å². The van der Waals surface area contributed by atoms with Gasteiger partial charge in [-0.3, -0.25) is 19.8 Å². The first-order valence-corrected chi connectivity index (χ1v) is 11.4. The highest BCUT2D eigenvalue weighted by Crippen LogP contribution is 2.32. The summed E-state index contributed by atoms with van der Waals surface area (Å²) in [6, 6.07) is 22.9. The Labute approximate surface area is 202 Å². The number of rotatable bonds is 4. The van der Waals surface area contributed by atoms with Crippen LogP contribution >= 0.6 is 23.8 Å². The molecular formula is C26H20ClN3O2S. The van der Waals surface area contributed by atoms with Gasteiger partial charge >= 0.3 is 0 Å². The van der Waals surface area contributed by atoms with Crippen molar-refractivity contribution >= 4 is 58.2 Å². The van der Waals surface area contributed by atoms with Crippen molar-refractivity contribution in [2.45, 2.75) is 13.0 Å². The fourth-order valence-electron chi connectivity index (χ4n) is 4.21. The lowest BCUT2D eigenvalue weighted by Crippen LogP contribution is -2.54. The van der Waals surface area contributed by atoms with E-state index in [1.165, 1.54) is 10.5 Å². The summed E-state index contributed by atoms with van der Waals surface area (Å²) in [6.45, 7) is 1.62. The van der Waals surface area contributed by atoms with Crippen molar-refractivity contribution in [2.24, 2.45) is 0 Å². The molecule has 0 unspecified atom stereocenters. The standard InChI is InChI=1S/C26H20ClN3O2S/c27-22-9-5-4-6-19(22)16-29-13-12-18-14-17(10-11-23(18)29)15-21-24(31)28-26(33)30(25(21)32)20-7-2-1-3-8-20/h1-11,14-15H,12-13,16H2,(H,28,31,33). The third-order valence-corrected chi connectivity index (χ3v) is 6.49. The lowest BCUT2D eigenvalue weighted by atomic mass is 10.0. The molecule has 0 saturated carbocycles. The Morgan fingerprint density at radius 2 is 1.76 bits per heavy atom. The molecule has 0 aliphatic carbocycles. The summed E-state index contributed by atoms with van der Waals surface area (Å²) >= 11 is 11.6. The minimum absolute atomic E-state index is 0.0540. The number of nitrogens with one attached hydrogen (secondary N) is 1. The van der Waals surface area contributed by atoms with Crippen LogP contribution in [0.4, 0.5) is 11.4 Å². The number of nitrogens with zero attached hydrogens (tertiary/aromatic N) is 2. The molecule has 164 valence electrons. The number of thiocarbonyl (C=S) groups is 1. The second-order valence-electron chi connectivity index (χ2n) is 7.94. The zero-order chi connectivity index (χ0) is 22.9.